The number of carboxylic acids is 3. The number of amides is 2. The van der Waals surface area contributed by atoms with Crippen LogP contribution in [0, 0.1) is 23.7 Å². The van der Waals surface area contributed by atoms with Crippen LogP contribution < -0.4 is 10.6 Å². The van der Waals surface area contributed by atoms with Gasteiger partial charge in [-0.2, -0.15) is 0 Å². The summed E-state index contributed by atoms with van der Waals surface area (Å²) >= 11 is 0. The van der Waals surface area contributed by atoms with E-state index in [0.717, 1.165) is 51.4 Å². The van der Waals surface area contributed by atoms with Gasteiger partial charge < -0.3 is 26.0 Å². The molecule has 3 rings (SSSR count). The quantitative estimate of drug-likeness (QED) is 0.0238. The molecule has 2 aliphatic heterocycles. The first kappa shape index (κ1) is 50.5. The number of carbonyl (C=O) groups is 6. The van der Waals surface area contributed by atoms with Crippen molar-refractivity contribution < 1.29 is 44.1 Å². The molecule has 57 heavy (non-hydrogen) atoms. The highest BCUT2D eigenvalue weighted by Crippen LogP contribution is 2.84. The summed E-state index contributed by atoms with van der Waals surface area (Å²) in [6.45, 7) is 1.02. The minimum Gasteiger partial charge on any atom is -0.481 e. The van der Waals surface area contributed by atoms with Crippen LogP contribution in [0.25, 0.3) is 0 Å². The van der Waals surface area contributed by atoms with Crippen LogP contribution in [0.2, 0.25) is 0 Å². The summed E-state index contributed by atoms with van der Waals surface area (Å²) in [6, 6.07) is 0. The van der Waals surface area contributed by atoms with Crippen molar-refractivity contribution in [2.24, 2.45) is 23.7 Å². The SMILES string of the molecule is O=C(O)CCCCCCCCCCCCCCCCC(=O)NCC1CCC(C(=O)C[C@@H](CCC(=O)NCCCC[C@@H](C(=O)O)C2SSC3(SS2)SS3)C(=O)O)CC1. The smallest absolute Gasteiger partial charge is 0.308 e. The predicted octanol–water partition coefficient (Wildman–Crippen LogP) is 10.8. The molecule has 0 bridgehead atoms. The second-order valence-electron chi connectivity index (χ2n) is 15.8. The molecular formula is C40H66N2O9S6. The summed E-state index contributed by atoms with van der Waals surface area (Å²) in [5.41, 5.74) is 0. The van der Waals surface area contributed by atoms with Crippen molar-refractivity contribution in [3.63, 3.8) is 0 Å². The fourth-order valence-electron chi connectivity index (χ4n) is 7.39. The number of rotatable bonds is 33. The second-order valence-corrected chi connectivity index (χ2v) is 25.3. The Bertz CT molecular complexity index is 1240. The van der Waals surface area contributed by atoms with Gasteiger partial charge in [0.25, 0.3) is 0 Å². The number of ketones is 1. The van der Waals surface area contributed by atoms with Gasteiger partial charge in [0.2, 0.25) is 11.8 Å². The molecule has 2 saturated heterocycles. The van der Waals surface area contributed by atoms with Crippen molar-refractivity contribution in [2.75, 3.05) is 13.1 Å². The summed E-state index contributed by atoms with van der Waals surface area (Å²) in [4.78, 5) is 72.3. The summed E-state index contributed by atoms with van der Waals surface area (Å²) in [7, 11) is 10.4. The van der Waals surface area contributed by atoms with E-state index in [-0.39, 0.29) is 56.5 Å². The first-order chi connectivity index (χ1) is 27.5. The third-order valence-corrected chi connectivity index (χ3v) is 24.9. The van der Waals surface area contributed by atoms with Crippen LogP contribution in [0.15, 0.2) is 0 Å². The van der Waals surface area contributed by atoms with Crippen molar-refractivity contribution in [3.8, 4) is 0 Å². The minimum atomic E-state index is -1.06. The number of aliphatic carboxylic acids is 3. The molecule has 2 heterocycles. The number of hydrogen-bond donors (Lipinski definition) is 5. The fraction of sp³-hybridized carbons (Fsp3) is 0.850. The Morgan fingerprint density at radius 3 is 1.60 bits per heavy atom. The van der Waals surface area contributed by atoms with Crippen LogP contribution in [0.3, 0.4) is 0 Å². The second kappa shape index (κ2) is 29.4. The summed E-state index contributed by atoms with van der Waals surface area (Å²) in [5.74, 6) is -3.96. The lowest BCUT2D eigenvalue weighted by Gasteiger charge is -2.28. The average molecular weight is 911 g/mol. The molecule has 2 atom stereocenters. The molecule has 3 aliphatic rings. The van der Waals surface area contributed by atoms with Crippen molar-refractivity contribution in [1.82, 2.24) is 10.6 Å². The van der Waals surface area contributed by atoms with Crippen LogP contribution in [-0.2, 0) is 28.8 Å². The van der Waals surface area contributed by atoms with Crippen LogP contribution >= 0.6 is 64.8 Å². The lowest BCUT2D eigenvalue weighted by molar-refractivity contribution is -0.145. The van der Waals surface area contributed by atoms with Gasteiger partial charge >= 0.3 is 17.9 Å². The van der Waals surface area contributed by atoms with E-state index in [1.165, 1.54) is 51.4 Å². The number of unbranched alkanes of at least 4 members (excludes halogenated alkanes) is 14. The summed E-state index contributed by atoms with van der Waals surface area (Å²) in [6.07, 6.45) is 21.9. The molecule has 0 radical (unpaired) electrons. The van der Waals surface area contributed by atoms with E-state index in [4.69, 9.17) is 5.11 Å². The van der Waals surface area contributed by atoms with Gasteiger partial charge in [0.1, 0.15) is 5.78 Å². The number of hydrogen-bond acceptors (Lipinski definition) is 12. The zero-order valence-corrected chi connectivity index (χ0v) is 38.3. The molecule has 1 aliphatic carbocycles. The molecule has 0 aromatic carbocycles. The van der Waals surface area contributed by atoms with Gasteiger partial charge in [-0.1, -0.05) is 127 Å². The zero-order chi connectivity index (χ0) is 41.3. The molecule has 0 unspecified atom stereocenters. The largest absolute Gasteiger partial charge is 0.481 e. The van der Waals surface area contributed by atoms with Crippen molar-refractivity contribution in [2.45, 2.75) is 174 Å². The van der Waals surface area contributed by atoms with Gasteiger partial charge in [-0.3, -0.25) is 28.8 Å². The Kier molecular flexibility index (Phi) is 26.0. The third kappa shape index (κ3) is 22.5. The van der Waals surface area contributed by atoms with Gasteiger partial charge in [-0.15, -0.1) is 0 Å². The summed E-state index contributed by atoms with van der Waals surface area (Å²) < 4.78 is 0.115. The average Bonchev–Trinajstić information content (AvgIpc) is 3.95. The van der Waals surface area contributed by atoms with E-state index in [0.29, 0.717) is 57.5 Å². The zero-order valence-electron chi connectivity index (χ0n) is 33.4. The Hall–Kier alpha value is -0.880. The molecule has 0 aromatic heterocycles. The Balaban J connectivity index is 1.14. The predicted molar refractivity (Wildman–Crippen MR) is 240 cm³/mol. The van der Waals surface area contributed by atoms with Crippen LogP contribution in [0.5, 0.6) is 0 Å². The maximum absolute atomic E-state index is 13.1. The third-order valence-electron chi connectivity index (χ3n) is 11.1. The topological polar surface area (TPSA) is 187 Å². The van der Waals surface area contributed by atoms with Gasteiger partial charge in [-0.05, 0) is 85.3 Å². The van der Waals surface area contributed by atoms with Crippen molar-refractivity contribution >= 4 is 100 Å². The molecule has 1 saturated carbocycles. The van der Waals surface area contributed by atoms with E-state index < -0.39 is 29.7 Å². The monoisotopic (exact) mass is 910 g/mol. The molecule has 5 N–H and O–H groups in total. The van der Waals surface area contributed by atoms with Gasteiger partial charge in [0, 0.05) is 44.7 Å². The van der Waals surface area contributed by atoms with Gasteiger partial charge in [-0.25, -0.2) is 0 Å². The summed E-state index contributed by atoms with van der Waals surface area (Å²) in [5, 5.41) is 34.1. The van der Waals surface area contributed by atoms with E-state index in [1.54, 1.807) is 43.2 Å². The van der Waals surface area contributed by atoms with Crippen LogP contribution in [-0.4, -0.2) is 71.2 Å². The molecule has 1 spiro atoms. The van der Waals surface area contributed by atoms with Crippen molar-refractivity contribution in [1.29, 1.82) is 0 Å². The lowest BCUT2D eigenvalue weighted by atomic mass is 9.78. The Morgan fingerprint density at radius 1 is 0.561 bits per heavy atom. The number of Topliss-reactive ketones (excluding diaryl/α,β-unsaturated/α-hetero) is 1. The number of nitrogens with one attached hydrogen (secondary N) is 2. The van der Waals surface area contributed by atoms with Crippen LogP contribution in [0.1, 0.15) is 167 Å². The lowest BCUT2D eigenvalue weighted by Crippen LogP contribution is -2.33. The maximum Gasteiger partial charge on any atom is 0.308 e. The molecule has 11 nitrogen and oxygen atoms in total. The molecule has 3 fully saturated rings. The highest BCUT2D eigenvalue weighted by molar-refractivity contribution is 9.14. The molecule has 17 heteroatoms. The number of carbonyl (C=O) groups excluding carboxylic acids is 3. The maximum atomic E-state index is 13.1. The Labute approximate surface area is 363 Å². The fourth-order valence-corrected chi connectivity index (χ4v) is 21.2. The Morgan fingerprint density at radius 2 is 1.09 bits per heavy atom. The van der Waals surface area contributed by atoms with E-state index in [1.807, 2.05) is 21.6 Å². The first-order valence-corrected chi connectivity index (χ1v) is 27.8. The van der Waals surface area contributed by atoms with E-state index in [9.17, 15) is 39.0 Å². The molecule has 326 valence electrons. The highest BCUT2D eigenvalue weighted by Gasteiger charge is 2.53. The van der Waals surface area contributed by atoms with Gasteiger partial charge in [0.15, 0.2) is 2.74 Å². The molecule has 2 amide bonds. The van der Waals surface area contributed by atoms with Crippen LogP contribution in [0.4, 0.5) is 0 Å². The first-order valence-electron chi connectivity index (χ1n) is 21.3. The van der Waals surface area contributed by atoms with E-state index in [2.05, 4.69) is 10.6 Å². The standard InChI is InChI=1S/C40H66N2O9S6/c43-33(27-31(37(48)49)24-25-35(45)41-26-16-15-17-32(38(50)51)39-52-54-40(55-53-39)56-57-40)30-22-20-29(21-23-30)28-42-34(44)18-13-11-9-7-5-3-1-2-4-6-8-10-12-14-19-36(46)47/h29-32,39H,1-28H2,(H,41,45)(H,42,44)(H,46,47)(H,48,49)(H,50,51)/t29?,30?,31-,32+/m1/s1. The number of carboxylic acid groups (broad SMARTS) is 3. The molecule has 0 aromatic rings. The minimum absolute atomic E-state index is 0.0150. The van der Waals surface area contributed by atoms with E-state index >= 15 is 0 Å². The molecular weight excluding hydrogens is 845 g/mol. The highest BCUT2D eigenvalue weighted by atomic mass is 33.2. The normalized spacial score (nSPS) is 20.1. The van der Waals surface area contributed by atoms with Crippen molar-refractivity contribution in [3.05, 3.63) is 0 Å². The van der Waals surface area contributed by atoms with Gasteiger partial charge in [0.05, 0.1) is 16.4 Å².